The zero-order chi connectivity index (χ0) is 13.4. The van der Waals surface area contributed by atoms with E-state index < -0.39 is 0 Å². The largest absolute Gasteiger partial charge is 0.444 e. The minimum atomic E-state index is -0.388. The monoisotopic (exact) mass is 317 g/mol. The molecular weight excluding hydrogens is 294 g/mol. The molecule has 1 aliphatic carbocycles. The van der Waals surface area contributed by atoms with Crippen LogP contribution in [-0.2, 0) is 4.74 Å². The summed E-state index contributed by atoms with van der Waals surface area (Å²) in [6.45, 7) is 7.47. The Hall–Kier alpha value is -0.250. The minimum absolute atomic E-state index is 0.147. The molecule has 0 radical (unpaired) electrons. The van der Waals surface area contributed by atoms with Crippen LogP contribution in [0.25, 0.3) is 0 Å². The van der Waals surface area contributed by atoms with E-state index in [1.807, 2.05) is 25.7 Å². The molecule has 2 fully saturated rings. The molecule has 1 saturated heterocycles. The summed E-state index contributed by atoms with van der Waals surface area (Å²) in [5.74, 6) is 0. The molecule has 1 amide bonds. The van der Waals surface area contributed by atoms with Crippen LogP contribution in [0, 0.1) is 5.41 Å². The summed E-state index contributed by atoms with van der Waals surface area (Å²) in [6.07, 6.45) is 5.99. The highest BCUT2D eigenvalue weighted by Gasteiger charge is 2.41. The van der Waals surface area contributed by atoms with Crippen molar-refractivity contribution in [2.24, 2.45) is 5.41 Å². The molecule has 4 heteroatoms. The molecule has 104 valence electrons. The van der Waals surface area contributed by atoms with Crippen LogP contribution in [0.2, 0.25) is 0 Å². The molecule has 2 aliphatic rings. The number of nitrogens with zero attached hydrogens (tertiary/aromatic N) is 1. The van der Waals surface area contributed by atoms with E-state index in [4.69, 9.17) is 4.74 Å². The van der Waals surface area contributed by atoms with Gasteiger partial charge in [0.05, 0.1) is 0 Å². The predicted molar refractivity (Wildman–Crippen MR) is 76.0 cm³/mol. The van der Waals surface area contributed by atoms with Crippen molar-refractivity contribution in [1.29, 1.82) is 0 Å². The number of likely N-dealkylation sites (tertiary alicyclic amines) is 1. The van der Waals surface area contributed by atoms with Crippen LogP contribution in [0.4, 0.5) is 4.79 Å². The van der Waals surface area contributed by atoms with Crippen LogP contribution >= 0.6 is 15.9 Å². The lowest BCUT2D eigenvalue weighted by Crippen LogP contribution is -2.44. The van der Waals surface area contributed by atoms with E-state index >= 15 is 0 Å². The Balaban J connectivity index is 1.85. The lowest BCUT2D eigenvalue weighted by Gasteiger charge is -2.39. The number of alkyl halides is 1. The normalized spacial score (nSPS) is 27.6. The fourth-order valence-corrected chi connectivity index (χ4v) is 4.00. The van der Waals surface area contributed by atoms with Gasteiger partial charge in [-0.25, -0.2) is 4.79 Å². The zero-order valence-corrected chi connectivity index (χ0v) is 13.3. The van der Waals surface area contributed by atoms with E-state index in [9.17, 15) is 4.79 Å². The van der Waals surface area contributed by atoms with E-state index in [0.29, 0.717) is 10.2 Å². The fourth-order valence-electron chi connectivity index (χ4n) is 3.08. The number of hydrogen-bond donors (Lipinski definition) is 0. The van der Waals surface area contributed by atoms with Crippen molar-refractivity contribution in [3.63, 3.8) is 0 Å². The molecule has 0 N–H and O–H groups in total. The maximum absolute atomic E-state index is 12.0. The van der Waals surface area contributed by atoms with Crippen molar-refractivity contribution in [2.45, 2.75) is 63.3 Å². The Morgan fingerprint density at radius 1 is 1.28 bits per heavy atom. The first-order chi connectivity index (χ1) is 8.30. The third-order valence-corrected chi connectivity index (χ3v) is 4.90. The Bertz CT molecular complexity index is 316. The molecule has 0 aromatic rings. The lowest BCUT2D eigenvalue weighted by atomic mass is 9.77. The van der Waals surface area contributed by atoms with Gasteiger partial charge in [-0.05, 0) is 58.3 Å². The molecule has 1 heterocycles. The van der Waals surface area contributed by atoms with Crippen LogP contribution in [0.5, 0.6) is 0 Å². The molecule has 3 nitrogen and oxygen atoms in total. The van der Waals surface area contributed by atoms with Gasteiger partial charge < -0.3 is 9.64 Å². The van der Waals surface area contributed by atoms with Crippen LogP contribution in [0.1, 0.15) is 52.9 Å². The molecule has 1 atom stereocenters. The summed E-state index contributed by atoms with van der Waals surface area (Å²) in [7, 11) is 0. The van der Waals surface area contributed by atoms with Gasteiger partial charge in [0.15, 0.2) is 0 Å². The van der Waals surface area contributed by atoms with Crippen molar-refractivity contribution in [3.8, 4) is 0 Å². The van der Waals surface area contributed by atoms with E-state index in [1.54, 1.807) is 0 Å². The summed E-state index contributed by atoms with van der Waals surface area (Å²) in [5.41, 5.74) is 0.104. The maximum atomic E-state index is 12.0. The summed E-state index contributed by atoms with van der Waals surface area (Å²) >= 11 is 3.73. The average molecular weight is 318 g/mol. The van der Waals surface area contributed by atoms with Gasteiger partial charge in [0.2, 0.25) is 0 Å². The minimum Gasteiger partial charge on any atom is -0.444 e. The van der Waals surface area contributed by atoms with Gasteiger partial charge in [-0.1, -0.05) is 15.9 Å². The highest BCUT2D eigenvalue weighted by Crippen LogP contribution is 2.48. The smallest absolute Gasteiger partial charge is 0.410 e. The Morgan fingerprint density at radius 3 is 2.33 bits per heavy atom. The topological polar surface area (TPSA) is 29.5 Å². The third kappa shape index (κ3) is 3.40. The van der Waals surface area contributed by atoms with Crippen LogP contribution in [-0.4, -0.2) is 34.5 Å². The highest BCUT2D eigenvalue weighted by atomic mass is 79.9. The molecule has 0 aromatic heterocycles. The molecule has 1 spiro atoms. The molecule has 1 saturated carbocycles. The number of halogens is 1. The molecular formula is C14H24BrNO2. The van der Waals surface area contributed by atoms with Crippen molar-refractivity contribution in [3.05, 3.63) is 0 Å². The van der Waals surface area contributed by atoms with E-state index in [1.165, 1.54) is 19.3 Å². The number of amides is 1. The third-order valence-electron chi connectivity index (χ3n) is 4.12. The van der Waals surface area contributed by atoms with E-state index in [2.05, 4.69) is 15.9 Å². The lowest BCUT2D eigenvalue weighted by molar-refractivity contribution is 0.0107. The second-order valence-electron chi connectivity index (χ2n) is 6.81. The molecule has 18 heavy (non-hydrogen) atoms. The van der Waals surface area contributed by atoms with Crippen molar-refractivity contribution in [2.75, 3.05) is 13.1 Å². The van der Waals surface area contributed by atoms with Crippen LogP contribution in [0.3, 0.4) is 0 Å². The van der Waals surface area contributed by atoms with Crippen molar-refractivity contribution < 1.29 is 9.53 Å². The van der Waals surface area contributed by atoms with Gasteiger partial charge in [0, 0.05) is 17.9 Å². The van der Waals surface area contributed by atoms with Gasteiger partial charge in [0.25, 0.3) is 0 Å². The molecule has 2 rings (SSSR count). The Morgan fingerprint density at radius 2 is 1.89 bits per heavy atom. The number of ether oxygens (including phenoxy) is 1. The Labute approximate surface area is 118 Å². The van der Waals surface area contributed by atoms with Crippen LogP contribution in [0.15, 0.2) is 0 Å². The van der Waals surface area contributed by atoms with Gasteiger partial charge in [0.1, 0.15) is 5.60 Å². The summed E-state index contributed by atoms with van der Waals surface area (Å²) in [4.78, 5) is 14.5. The standard InChI is InChI=1S/C14H24BrNO2/c1-13(2,3)18-12(17)16-8-6-14(7-9-16)5-4-11(15)10-14/h11H,4-10H2,1-3H3. The van der Waals surface area contributed by atoms with Crippen molar-refractivity contribution >= 4 is 22.0 Å². The summed E-state index contributed by atoms with van der Waals surface area (Å²) < 4.78 is 5.43. The summed E-state index contributed by atoms with van der Waals surface area (Å²) in [6, 6.07) is 0. The first-order valence-electron chi connectivity index (χ1n) is 6.92. The second-order valence-corrected chi connectivity index (χ2v) is 8.10. The molecule has 0 aromatic carbocycles. The molecule has 1 aliphatic heterocycles. The van der Waals surface area contributed by atoms with E-state index in [0.717, 1.165) is 25.9 Å². The van der Waals surface area contributed by atoms with Gasteiger partial charge >= 0.3 is 6.09 Å². The number of carbonyl (C=O) groups excluding carboxylic acids is 1. The first kappa shape index (κ1) is 14.2. The number of piperidine rings is 1. The van der Waals surface area contributed by atoms with Gasteiger partial charge in [-0.15, -0.1) is 0 Å². The predicted octanol–water partition coefficient (Wildman–Crippen LogP) is 3.95. The number of hydrogen-bond acceptors (Lipinski definition) is 2. The van der Waals surface area contributed by atoms with Gasteiger partial charge in [-0.2, -0.15) is 0 Å². The van der Waals surface area contributed by atoms with E-state index in [-0.39, 0.29) is 11.7 Å². The highest BCUT2D eigenvalue weighted by molar-refractivity contribution is 9.09. The van der Waals surface area contributed by atoms with Gasteiger partial charge in [-0.3, -0.25) is 0 Å². The second kappa shape index (κ2) is 5.03. The summed E-state index contributed by atoms with van der Waals surface area (Å²) in [5, 5.41) is 0. The average Bonchev–Trinajstić information content (AvgIpc) is 2.58. The Kier molecular flexibility index (Phi) is 3.96. The zero-order valence-electron chi connectivity index (χ0n) is 11.7. The van der Waals surface area contributed by atoms with Crippen LogP contribution < -0.4 is 0 Å². The molecule has 0 bridgehead atoms. The number of rotatable bonds is 0. The SMILES string of the molecule is CC(C)(C)OC(=O)N1CCC2(CCC(Br)C2)CC1. The molecule has 1 unspecified atom stereocenters. The first-order valence-corrected chi connectivity index (χ1v) is 7.83. The van der Waals surface area contributed by atoms with Crippen molar-refractivity contribution in [1.82, 2.24) is 4.90 Å². The fraction of sp³-hybridized carbons (Fsp3) is 0.929. The maximum Gasteiger partial charge on any atom is 0.410 e. The quantitative estimate of drug-likeness (QED) is 0.633. The number of carbonyl (C=O) groups is 1.